The number of esters is 1. The molecule has 0 bridgehead atoms. The molecular formula is C11H12N2O6. The number of carbonyl (C=O) groups is 1. The Hall–Kier alpha value is -1.93. The highest BCUT2D eigenvalue weighted by molar-refractivity contribution is 5.78. The fourth-order valence-corrected chi connectivity index (χ4v) is 2.28. The van der Waals surface area contributed by atoms with Crippen LogP contribution in [-0.4, -0.2) is 33.5 Å². The summed E-state index contributed by atoms with van der Waals surface area (Å²) in [6, 6.07) is 1.17. The zero-order chi connectivity index (χ0) is 13.8. The van der Waals surface area contributed by atoms with Crippen molar-refractivity contribution in [3.8, 4) is 0 Å². The maximum absolute atomic E-state index is 11.7. The van der Waals surface area contributed by atoms with E-state index in [0.717, 1.165) is 4.57 Å². The highest BCUT2D eigenvalue weighted by Crippen LogP contribution is 2.39. The van der Waals surface area contributed by atoms with Gasteiger partial charge in [0.2, 0.25) is 6.23 Å². The summed E-state index contributed by atoms with van der Waals surface area (Å²) in [7, 11) is 0. The second-order valence-corrected chi connectivity index (χ2v) is 4.87. The number of aromatic nitrogens is 2. The smallest absolute Gasteiger partial charge is 0.340 e. The number of H-pyrrole nitrogens is 1. The van der Waals surface area contributed by atoms with E-state index < -0.39 is 41.4 Å². The van der Waals surface area contributed by atoms with E-state index in [9.17, 15) is 14.4 Å². The average molecular weight is 268 g/mol. The van der Waals surface area contributed by atoms with E-state index in [1.807, 2.05) is 0 Å². The maximum Gasteiger partial charge on any atom is 0.340 e. The van der Waals surface area contributed by atoms with Crippen molar-refractivity contribution in [2.75, 3.05) is 0 Å². The van der Waals surface area contributed by atoms with Crippen molar-refractivity contribution in [3.63, 3.8) is 0 Å². The lowest BCUT2D eigenvalue weighted by molar-refractivity contribution is -0.193. The van der Waals surface area contributed by atoms with Crippen LogP contribution in [0.3, 0.4) is 0 Å². The van der Waals surface area contributed by atoms with Crippen LogP contribution in [0.5, 0.6) is 0 Å². The van der Waals surface area contributed by atoms with Gasteiger partial charge in [0, 0.05) is 12.3 Å². The number of fused-ring (bicyclic) bond motifs is 1. The number of nitrogens with one attached hydrogen (secondary N) is 1. The summed E-state index contributed by atoms with van der Waals surface area (Å²) in [6.45, 7) is 3.34. The molecule has 2 aliphatic heterocycles. The second kappa shape index (κ2) is 3.78. The molecule has 0 radical (unpaired) electrons. The fourth-order valence-electron chi connectivity index (χ4n) is 2.28. The first kappa shape index (κ1) is 12.1. The Morgan fingerprint density at radius 1 is 1.26 bits per heavy atom. The Kier molecular flexibility index (Phi) is 2.41. The summed E-state index contributed by atoms with van der Waals surface area (Å²) in [5, 5.41) is 0. The highest BCUT2D eigenvalue weighted by atomic mass is 16.8. The summed E-state index contributed by atoms with van der Waals surface area (Å²) in [5.74, 6) is -1.50. The van der Waals surface area contributed by atoms with Gasteiger partial charge in [0.25, 0.3) is 5.56 Å². The lowest BCUT2D eigenvalue weighted by atomic mass is 10.2. The van der Waals surface area contributed by atoms with Gasteiger partial charge >= 0.3 is 11.7 Å². The molecule has 0 aromatic carbocycles. The molecule has 0 aliphatic carbocycles. The van der Waals surface area contributed by atoms with Gasteiger partial charge in [0.15, 0.2) is 18.0 Å². The molecule has 3 rings (SSSR count). The molecule has 19 heavy (non-hydrogen) atoms. The zero-order valence-electron chi connectivity index (χ0n) is 10.3. The topological polar surface area (TPSA) is 99.6 Å². The van der Waals surface area contributed by atoms with Crippen molar-refractivity contribution in [1.82, 2.24) is 9.55 Å². The second-order valence-electron chi connectivity index (χ2n) is 4.87. The summed E-state index contributed by atoms with van der Waals surface area (Å²) >= 11 is 0. The Labute approximate surface area is 106 Å². The van der Waals surface area contributed by atoms with Gasteiger partial charge in [0.1, 0.15) is 0 Å². The third-order valence-electron chi connectivity index (χ3n) is 3.00. The van der Waals surface area contributed by atoms with Crippen LogP contribution in [0.1, 0.15) is 20.1 Å². The minimum absolute atomic E-state index is 0.522. The van der Waals surface area contributed by atoms with Crippen molar-refractivity contribution in [3.05, 3.63) is 33.1 Å². The van der Waals surface area contributed by atoms with Gasteiger partial charge in [-0.2, -0.15) is 0 Å². The lowest BCUT2D eigenvalue weighted by Gasteiger charge is -2.22. The van der Waals surface area contributed by atoms with Crippen LogP contribution in [0, 0.1) is 0 Å². The minimum Gasteiger partial charge on any atom is -0.436 e. The van der Waals surface area contributed by atoms with Crippen molar-refractivity contribution >= 4 is 5.97 Å². The number of aromatic amines is 1. The van der Waals surface area contributed by atoms with Crippen molar-refractivity contribution in [2.24, 2.45) is 0 Å². The number of hydrogen-bond donors (Lipinski definition) is 1. The number of ether oxygens (including phenoxy) is 3. The summed E-state index contributed by atoms with van der Waals surface area (Å²) in [5.41, 5.74) is -1.19. The van der Waals surface area contributed by atoms with E-state index in [2.05, 4.69) is 4.98 Å². The van der Waals surface area contributed by atoms with Crippen LogP contribution in [-0.2, 0) is 19.0 Å². The monoisotopic (exact) mass is 268 g/mol. The quantitative estimate of drug-likeness (QED) is 0.663. The molecule has 2 fully saturated rings. The highest BCUT2D eigenvalue weighted by Gasteiger charge is 2.56. The van der Waals surface area contributed by atoms with Gasteiger partial charge < -0.3 is 14.2 Å². The van der Waals surface area contributed by atoms with Gasteiger partial charge in [-0.15, -0.1) is 0 Å². The van der Waals surface area contributed by atoms with Gasteiger partial charge in [-0.25, -0.2) is 9.59 Å². The number of nitrogens with zero attached hydrogens (tertiary/aromatic N) is 1. The minimum atomic E-state index is -0.941. The van der Waals surface area contributed by atoms with E-state index in [4.69, 9.17) is 14.2 Å². The van der Waals surface area contributed by atoms with Gasteiger partial charge in [-0.3, -0.25) is 14.3 Å². The lowest BCUT2D eigenvalue weighted by Crippen LogP contribution is -2.37. The van der Waals surface area contributed by atoms with Crippen LogP contribution in [0.4, 0.5) is 0 Å². The molecule has 8 nitrogen and oxygen atoms in total. The fraction of sp³-hybridized carbons (Fsp3) is 0.545. The average Bonchev–Trinajstić information content (AvgIpc) is 2.75. The summed E-state index contributed by atoms with van der Waals surface area (Å²) < 4.78 is 17.2. The molecular weight excluding hydrogens is 256 g/mol. The molecule has 3 heterocycles. The van der Waals surface area contributed by atoms with E-state index in [-0.39, 0.29) is 0 Å². The molecule has 0 amide bonds. The molecule has 0 spiro atoms. The third-order valence-corrected chi connectivity index (χ3v) is 3.00. The molecule has 102 valence electrons. The predicted molar refractivity (Wildman–Crippen MR) is 60.3 cm³/mol. The van der Waals surface area contributed by atoms with Crippen LogP contribution in [0.2, 0.25) is 0 Å². The molecule has 8 heteroatoms. The van der Waals surface area contributed by atoms with Crippen molar-refractivity contribution in [2.45, 2.75) is 38.1 Å². The summed E-state index contributed by atoms with van der Waals surface area (Å²) in [4.78, 5) is 36.5. The van der Waals surface area contributed by atoms with Gasteiger partial charge in [-0.1, -0.05) is 0 Å². The number of rotatable bonds is 1. The molecule has 2 saturated heterocycles. The molecule has 3 atom stereocenters. The molecule has 1 N–H and O–H groups in total. The Morgan fingerprint density at radius 2 is 2.00 bits per heavy atom. The number of cyclic esters (lactones) is 1. The van der Waals surface area contributed by atoms with Crippen LogP contribution < -0.4 is 11.2 Å². The Bertz CT molecular complexity index is 645. The normalized spacial score (nSPS) is 32.1. The van der Waals surface area contributed by atoms with E-state index in [1.165, 1.54) is 12.3 Å². The standard InChI is InChI=1S/C11H12N2O6/c1-11(2)18-6-7(19-11)9(15)17-8(6)13-4-3-5(14)12-10(13)16/h3-4,6-8H,1-2H3,(H,12,14,16)/t6-,7+,8-/m1/s1. The van der Waals surface area contributed by atoms with Crippen molar-refractivity contribution < 1.29 is 19.0 Å². The molecule has 1 aromatic rings. The van der Waals surface area contributed by atoms with E-state index in [0.29, 0.717) is 0 Å². The Balaban J connectivity index is 2.00. The van der Waals surface area contributed by atoms with Crippen molar-refractivity contribution in [1.29, 1.82) is 0 Å². The summed E-state index contributed by atoms with van der Waals surface area (Å²) in [6.07, 6.45) is -1.26. The van der Waals surface area contributed by atoms with E-state index in [1.54, 1.807) is 13.8 Å². The maximum atomic E-state index is 11.7. The first-order valence-electron chi connectivity index (χ1n) is 5.75. The van der Waals surface area contributed by atoms with Crippen LogP contribution in [0.25, 0.3) is 0 Å². The molecule has 1 aromatic heterocycles. The largest absolute Gasteiger partial charge is 0.436 e. The van der Waals surface area contributed by atoms with Crippen LogP contribution in [0.15, 0.2) is 21.9 Å². The molecule has 0 saturated carbocycles. The van der Waals surface area contributed by atoms with Gasteiger partial charge in [0.05, 0.1) is 0 Å². The number of hydrogen-bond acceptors (Lipinski definition) is 6. The zero-order valence-corrected chi connectivity index (χ0v) is 10.3. The Morgan fingerprint density at radius 3 is 2.68 bits per heavy atom. The molecule has 2 aliphatic rings. The third kappa shape index (κ3) is 1.89. The molecule has 0 unspecified atom stereocenters. The first-order valence-corrected chi connectivity index (χ1v) is 5.75. The predicted octanol–water partition coefficient (Wildman–Crippen LogP) is -0.888. The number of carbonyl (C=O) groups excluding carboxylic acids is 1. The van der Waals surface area contributed by atoms with Gasteiger partial charge in [-0.05, 0) is 13.8 Å². The van der Waals surface area contributed by atoms with Crippen LogP contribution >= 0.6 is 0 Å². The SMILES string of the molecule is CC1(C)O[C@@H]2[C@H](O1)C(=O)O[C@H]2n1ccc(=O)[nH]c1=O. The van der Waals surface area contributed by atoms with E-state index >= 15 is 0 Å². The first-order chi connectivity index (χ1) is 8.87.